The number of fused-ring (bicyclic) bond motifs is 1. The highest BCUT2D eigenvalue weighted by atomic mass is 16.5. The van der Waals surface area contributed by atoms with Crippen LogP contribution in [0, 0.1) is 5.92 Å². The van der Waals surface area contributed by atoms with Crippen LogP contribution in [0.5, 0.6) is 5.75 Å². The van der Waals surface area contributed by atoms with Crippen LogP contribution in [0.25, 0.3) is 10.9 Å². The summed E-state index contributed by atoms with van der Waals surface area (Å²) in [6, 6.07) is 4.78. The van der Waals surface area contributed by atoms with E-state index in [0.29, 0.717) is 22.2 Å². The summed E-state index contributed by atoms with van der Waals surface area (Å²) in [5.41, 5.74) is 1.29. The minimum Gasteiger partial charge on any atom is -0.482 e. The molecule has 1 heterocycles. The minimum atomic E-state index is -1.11. The summed E-state index contributed by atoms with van der Waals surface area (Å²) in [6.45, 7) is 0.808. The van der Waals surface area contributed by atoms with Gasteiger partial charge in [0.1, 0.15) is 12.3 Å². The van der Waals surface area contributed by atoms with Crippen LogP contribution in [0.3, 0.4) is 0 Å². The zero-order chi connectivity index (χ0) is 17.9. The van der Waals surface area contributed by atoms with Crippen LogP contribution in [-0.2, 0) is 27.3 Å². The van der Waals surface area contributed by atoms with Gasteiger partial charge in [0, 0.05) is 17.1 Å². The molecule has 8 nitrogen and oxygen atoms in total. The number of carbonyl (C=O) groups is 3. The molecule has 0 aliphatic carbocycles. The van der Waals surface area contributed by atoms with Gasteiger partial charge >= 0.3 is 17.9 Å². The number of hydrogen-bond acceptors (Lipinski definition) is 4. The highest BCUT2D eigenvalue weighted by Crippen LogP contribution is 2.28. The summed E-state index contributed by atoms with van der Waals surface area (Å²) >= 11 is 0. The third-order valence-corrected chi connectivity index (χ3v) is 3.55. The van der Waals surface area contributed by atoms with Crippen molar-refractivity contribution in [2.45, 2.75) is 19.9 Å². The maximum Gasteiger partial charge on any atom is 0.341 e. The SMILES string of the molecule is CC(Cc1cn(CC(=O)O)c2ccc(OCC(=O)O)cc12)C(=O)O. The van der Waals surface area contributed by atoms with E-state index in [1.807, 2.05) is 0 Å². The number of aliphatic carboxylic acids is 3. The first kappa shape index (κ1) is 17.3. The molecule has 1 unspecified atom stereocenters. The van der Waals surface area contributed by atoms with Crippen molar-refractivity contribution in [2.75, 3.05) is 6.61 Å². The fourth-order valence-electron chi connectivity index (χ4n) is 2.44. The van der Waals surface area contributed by atoms with E-state index in [-0.39, 0.29) is 13.0 Å². The highest BCUT2D eigenvalue weighted by Gasteiger charge is 2.17. The lowest BCUT2D eigenvalue weighted by Crippen LogP contribution is -2.12. The van der Waals surface area contributed by atoms with Crippen molar-refractivity contribution in [3.63, 3.8) is 0 Å². The molecule has 24 heavy (non-hydrogen) atoms. The van der Waals surface area contributed by atoms with E-state index in [9.17, 15) is 14.4 Å². The van der Waals surface area contributed by atoms with Gasteiger partial charge in [-0.1, -0.05) is 6.92 Å². The predicted octanol–water partition coefficient (Wildman–Crippen LogP) is 1.45. The molecule has 1 atom stereocenters. The smallest absolute Gasteiger partial charge is 0.341 e. The summed E-state index contributed by atoms with van der Waals surface area (Å²) in [5.74, 6) is -3.40. The van der Waals surface area contributed by atoms with E-state index in [0.717, 1.165) is 0 Å². The Morgan fingerprint density at radius 1 is 1.17 bits per heavy atom. The minimum absolute atomic E-state index is 0.223. The molecule has 0 saturated heterocycles. The van der Waals surface area contributed by atoms with Gasteiger partial charge in [0.05, 0.1) is 5.92 Å². The van der Waals surface area contributed by atoms with E-state index >= 15 is 0 Å². The zero-order valence-corrected chi connectivity index (χ0v) is 12.9. The molecular formula is C16H17NO7. The number of hydrogen-bond donors (Lipinski definition) is 3. The Bertz CT molecular complexity index is 793. The third kappa shape index (κ3) is 4.03. The molecular weight excluding hydrogens is 318 g/mol. The second-order valence-electron chi connectivity index (χ2n) is 5.48. The molecule has 8 heteroatoms. The van der Waals surface area contributed by atoms with Gasteiger partial charge in [-0.15, -0.1) is 0 Å². The predicted molar refractivity (Wildman–Crippen MR) is 83.2 cm³/mol. The summed E-state index contributed by atoms with van der Waals surface area (Å²) in [7, 11) is 0. The first-order valence-electron chi connectivity index (χ1n) is 7.19. The number of ether oxygens (including phenoxy) is 1. The standard InChI is InChI=1S/C16H17NO7/c1-9(16(22)23)4-10-6-17(7-14(18)19)13-3-2-11(5-12(10)13)24-8-15(20)21/h2-3,5-6,9H,4,7-8H2,1H3,(H,18,19)(H,20,21)(H,22,23). The number of carboxylic acids is 3. The molecule has 1 aromatic carbocycles. The Kier molecular flexibility index (Phi) is 5.08. The summed E-state index contributed by atoms with van der Waals surface area (Å²) in [5, 5.41) is 27.4. The van der Waals surface area contributed by atoms with Crippen molar-refractivity contribution in [3.05, 3.63) is 30.0 Å². The topological polar surface area (TPSA) is 126 Å². The van der Waals surface area contributed by atoms with Crippen LogP contribution < -0.4 is 4.74 Å². The third-order valence-electron chi connectivity index (χ3n) is 3.55. The molecule has 0 fully saturated rings. The van der Waals surface area contributed by atoms with Crippen molar-refractivity contribution in [1.82, 2.24) is 4.57 Å². The van der Waals surface area contributed by atoms with Crippen LogP contribution in [0.2, 0.25) is 0 Å². The Morgan fingerprint density at radius 3 is 2.46 bits per heavy atom. The van der Waals surface area contributed by atoms with Gasteiger partial charge in [0.25, 0.3) is 0 Å². The van der Waals surface area contributed by atoms with Crippen LogP contribution in [-0.4, -0.2) is 44.4 Å². The summed E-state index contributed by atoms with van der Waals surface area (Å²) in [6.07, 6.45) is 1.83. The molecule has 0 aliphatic rings. The average Bonchev–Trinajstić information content (AvgIpc) is 2.81. The Labute approximate surface area is 136 Å². The van der Waals surface area contributed by atoms with Gasteiger partial charge in [-0.25, -0.2) is 4.79 Å². The molecule has 128 valence electrons. The number of benzene rings is 1. The lowest BCUT2D eigenvalue weighted by atomic mass is 10.0. The lowest BCUT2D eigenvalue weighted by molar-refractivity contribution is -0.141. The van der Waals surface area contributed by atoms with Gasteiger partial charge in [0.15, 0.2) is 6.61 Å². The zero-order valence-electron chi connectivity index (χ0n) is 12.9. The fraction of sp³-hybridized carbons (Fsp3) is 0.312. The molecule has 0 radical (unpaired) electrons. The lowest BCUT2D eigenvalue weighted by Gasteiger charge is -2.06. The number of rotatable bonds is 8. The Hall–Kier alpha value is -3.03. The van der Waals surface area contributed by atoms with E-state index in [1.54, 1.807) is 31.3 Å². The summed E-state index contributed by atoms with van der Waals surface area (Å²) in [4.78, 5) is 32.7. The quantitative estimate of drug-likeness (QED) is 0.666. The maximum atomic E-state index is 11.1. The van der Waals surface area contributed by atoms with Crippen molar-refractivity contribution < 1.29 is 34.4 Å². The van der Waals surface area contributed by atoms with Crippen LogP contribution in [0.4, 0.5) is 0 Å². The van der Waals surface area contributed by atoms with Crippen molar-refractivity contribution in [1.29, 1.82) is 0 Å². The van der Waals surface area contributed by atoms with E-state index < -0.39 is 30.4 Å². The maximum absolute atomic E-state index is 11.1. The van der Waals surface area contributed by atoms with Crippen LogP contribution in [0.1, 0.15) is 12.5 Å². The molecule has 2 rings (SSSR count). The number of carboxylic acid groups (broad SMARTS) is 3. The van der Waals surface area contributed by atoms with Crippen molar-refractivity contribution in [2.24, 2.45) is 5.92 Å². The van der Waals surface area contributed by atoms with Crippen LogP contribution >= 0.6 is 0 Å². The first-order valence-corrected chi connectivity index (χ1v) is 7.19. The van der Waals surface area contributed by atoms with Gasteiger partial charge in [-0.3, -0.25) is 9.59 Å². The van der Waals surface area contributed by atoms with E-state index in [1.165, 1.54) is 4.57 Å². The second kappa shape index (κ2) is 7.03. The molecule has 1 aromatic heterocycles. The second-order valence-corrected chi connectivity index (χ2v) is 5.48. The Morgan fingerprint density at radius 2 is 1.88 bits per heavy atom. The Balaban J connectivity index is 2.44. The normalized spacial score (nSPS) is 12.0. The molecule has 0 spiro atoms. The molecule has 3 N–H and O–H groups in total. The van der Waals surface area contributed by atoms with Gasteiger partial charge in [-0.05, 0) is 30.2 Å². The number of aromatic nitrogens is 1. The molecule has 0 aliphatic heterocycles. The van der Waals surface area contributed by atoms with E-state index in [2.05, 4.69) is 0 Å². The largest absolute Gasteiger partial charge is 0.482 e. The molecule has 0 bridgehead atoms. The monoisotopic (exact) mass is 335 g/mol. The van der Waals surface area contributed by atoms with Crippen LogP contribution in [0.15, 0.2) is 24.4 Å². The average molecular weight is 335 g/mol. The van der Waals surface area contributed by atoms with Crippen molar-refractivity contribution >= 4 is 28.8 Å². The fourth-order valence-corrected chi connectivity index (χ4v) is 2.44. The van der Waals surface area contributed by atoms with Crippen molar-refractivity contribution in [3.8, 4) is 5.75 Å². The number of nitrogens with zero attached hydrogens (tertiary/aromatic N) is 1. The van der Waals surface area contributed by atoms with E-state index in [4.69, 9.17) is 20.1 Å². The van der Waals surface area contributed by atoms with Gasteiger partial charge in [-0.2, -0.15) is 0 Å². The molecule has 0 saturated carbocycles. The van der Waals surface area contributed by atoms with Gasteiger partial charge in [0.2, 0.25) is 0 Å². The van der Waals surface area contributed by atoms with Gasteiger partial charge < -0.3 is 24.6 Å². The highest BCUT2D eigenvalue weighted by molar-refractivity contribution is 5.87. The first-order chi connectivity index (χ1) is 11.3. The molecule has 2 aromatic rings. The summed E-state index contributed by atoms with van der Waals surface area (Å²) < 4.78 is 6.65. The molecule has 0 amide bonds.